The number of likely N-dealkylation sites (N-methyl/N-ethyl adjacent to an activating group) is 1. The molecule has 0 aliphatic rings. The lowest BCUT2D eigenvalue weighted by Gasteiger charge is -2.31. The number of aryl methyl sites for hydroxylation is 1. The Balaban J connectivity index is 2.45. The van der Waals surface area contributed by atoms with Gasteiger partial charge in [-0.15, -0.1) is 0 Å². The van der Waals surface area contributed by atoms with Gasteiger partial charge in [-0.2, -0.15) is 0 Å². The molecule has 2 aromatic carbocycles. The van der Waals surface area contributed by atoms with Gasteiger partial charge in [0.15, 0.2) is 0 Å². The highest BCUT2D eigenvalue weighted by Gasteiger charge is 2.36. The SMILES string of the molecule is Cc1cccc(Cl)c1NC(=O)C(c1ccccc1O)N(C)C(=O)C(CC(N)=O)NC(=O)OC(C)(C)C. The molecule has 2 atom stereocenters. The second kappa shape index (κ2) is 11.8. The van der Waals surface area contributed by atoms with Crippen LogP contribution in [0.1, 0.15) is 44.4 Å². The first-order chi connectivity index (χ1) is 16.7. The highest BCUT2D eigenvalue weighted by molar-refractivity contribution is 6.34. The number of primary amides is 1. The number of rotatable bonds is 8. The van der Waals surface area contributed by atoms with Crippen molar-refractivity contribution in [2.75, 3.05) is 12.4 Å². The number of anilines is 1. The number of nitrogens with zero attached hydrogens (tertiary/aromatic N) is 1. The van der Waals surface area contributed by atoms with Gasteiger partial charge in [0.05, 0.1) is 17.1 Å². The van der Waals surface area contributed by atoms with Crippen molar-refractivity contribution in [3.8, 4) is 5.75 Å². The zero-order valence-corrected chi connectivity index (χ0v) is 21.6. The van der Waals surface area contributed by atoms with Crippen LogP contribution in [0.15, 0.2) is 42.5 Å². The molecule has 0 bridgehead atoms. The molecule has 0 aliphatic carbocycles. The Morgan fingerprint density at radius 3 is 2.31 bits per heavy atom. The molecule has 0 saturated carbocycles. The van der Waals surface area contributed by atoms with Crippen LogP contribution in [0, 0.1) is 6.92 Å². The van der Waals surface area contributed by atoms with E-state index >= 15 is 0 Å². The quantitative estimate of drug-likeness (QED) is 0.421. The summed E-state index contributed by atoms with van der Waals surface area (Å²) in [5, 5.41) is 15.8. The number of nitrogens with two attached hydrogens (primary N) is 1. The van der Waals surface area contributed by atoms with Crippen molar-refractivity contribution in [1.29, 1.82) is 0 Å². The summed E-state index contributed by atoms with van der Waals surface area (Å²) in [5.74, 6) is -2.58. The highest BCUT2D eigenvalue weighted by Crippen LogP contribution is 2.32. The molecule has 0 aromatic heterocycles. The van der Waals surface area contributed by atoms with E-state index in [0.29, 0.717) is 11.3 Å². The largest absolute Gasteiger partial charge is 0.508 e. The fourth-order valence-electron chi connectivity index (χ4n) is 3.45. The van der Waals surface area contributed by atoms with Crippen molar-refractivity contribution in [3.63, 3.8) is 0 Å². The van der Waals surface area contributed by atoms with Crippen molar-refractivity contribution in [3.05, 3.63) is 58.6 Å². The minimum Gasteiger partial charge on any atom is -0.508 e. The topological polar surface area (TPSA) is 151 Å². The number of alkyl carbamates (subject to hydrolysis) is 1. The van der Waals surface area contributed by atoms with Gasteiger partial charge in [-0.05, 0) is 45.4 Å². The molecule has 194 valence electrons. The van der Waals surface area contributed by atoms with Crippen molar-refractivity contribution < 1.29 is 29.0 Å². The van der Waals surface area contributed by atoms with Gasteiger partial charge in [0.2, 0.25) is 11.8 Å². The summed E-state index contributed by atoms with van der Waals surface area (Å²) < 4.78 is 5.19. The number of phenolic OH excluding ortho intramolecular Hbond substituents is 1. The Morgan fingerprint density at radius 2 is 1.75 bits per heavy atom. The first-order valence-electron chi connectivity index (χ1n) is 11.1. The molecule has 36 heavy (non-hydrogen) atoms. The number of para-hydroxylation sites is 2. The second-order valence-corrected chi connectivity index (χ2v) is 9.61. The van der Waals surface area contributed by atoms with E-state index in [1.165, 1.54) is 19.2 Å². The van der Waals surface area contributed by atoms with Crippen LogP contribution >= 0.6 is 11.6 Å². The van der Waals surface area contributed by atoms with Gasteiger partial charge in [0.1, 0.15) is 23.4 Å². The predicted molar refractivity (Wildman–Crippen MR) is 135 cm³/mol. The number of halogens is 1. The summed E-state index contributed by atoms with van der Waals surface area (Å²) >= 11 is 6.26. The standard InChI is InChI=1S/C25H31ClN4O6/c1-14-9-8-11-16(26)20(14)29-22(33)21(15-10-6-7-12-18(15)31)30(5)23(34)17(13-19(27)32)28-24(35)36-25(2,3)4/h6-12,17,21,31H,13H2,1-5H3,(H2,27,32)(H,28,35)(H,29,33). The first-order valence-corrected chi connectivity index (χ1v) is 11.5. The van der Waals surface area contributed by atoms with E-state index in [2.05, 4.69) is 10.6 Å². The van der Waals surface area contributed by atoms with Crippen LogP contribution < -0.4 is 16.4 Å². The van der Waals surface area contributed by atoms with Crippen LogP contribution in [0.5, 0.6) is 5.75 Å². The normalized spacial score (nSPS) is 12.7. The van der Waals surface area contributed by atoms with Crippen molar-refractivity contribution in [1.82, 2.24) is 10.2 Å². The minimum atomic E-state index is -1.43. The molecule has 0 fully saturated rings. The molecule has 0 radical (unpaired) electrons. The minimum absolute atomic E-state index is 0.116. The number of ether oxygens (including phenoxy) is 1. The number of amides is 4. The number of carbonyl (C=O) groups is 4. The maximum absolute atomic E-state index is 13.5. The molecule has 0 saturated heterocycles. The summed E-state index contributed by atoms with van der Waals surface area (Å²) in [5.41, 5.74) is 5.58. The van der Waals surface area contributed by atoms with Gasteiger partial charge in [0.25, 0.3) is 5.91 Å². The summed E-state index contributed by atoms with van der Waals surface area (Å²) in [7, 11) is 1.31. The van der Waals surface area contributed by atoms with E-state index in [-0.39, 0.29) is 16.3 Å². The third-order valence-corrected chi connectivity index (χ3v) is 5.39. The third kappa shape index (κ3) is 7.61. The van der Waals surface area contributed by atoms with Crippen LogP contribution in [0.25, 0.3) is 0 Å². The Hall–Kier alpha value is -3.79. The Kier molecular flexibility index (Phi) is 9.29. The first kappa shape index (κ1) is 28.4. The fraction of sp³-hybridized carbons (Fsp3) is 0.360. The number of carbonyl (C=O) groups excluding carboxylic acids is 4. The number of phenols is 1. The highest BCUT2D eigenvalue weighted by atomic mass is 35.5. The molecular weight excluding hydrogens is 488 g/mol. The summed E-state index contributed by atoms with van der Waals surface area (Å²) in [6, 6.07) is 8.29. The summed E-state index contributed by atoms with van der Waals surface area (Å²) in [4.78, 5) is 52.0. The molecule has 0 spiro atoms. The Bertz CT molecular complexity index is 1130. The van der Waals surface area contributed by atoms with Crippen molar-refractivity contribution >= 4 is 41.1 Å². The van der Waals surface area contributed by atoms with Crippen LogP contribution in [0.2, 0.25) is 5.02 Å². The molecule has 5 N–H and O–H groups in total. The number of nitrogens with one attached hydrogen (secondary N) is 2. The van der Waals surface area contributed by atoms with Gasteiger partial charge in [0, 0.05) is 12.6 Å². The molecule has 2 unspecified atom stereocenters. The Labute approximate surface area is 214 Å². The van der Waals surface area contributed by atoms with Crippen LogP contribution in [-0.2, 0) is 19.1 Å². The summed E-state index contributed by atoms with van der Waals surface area (Å²) in [6.45, 7) is 6.66. The van der Waals surface area contributed by atoms with Gasteiger partial charge in [-0.3, -0.25) is 14.4 Å². The molecule has 2 aromatic rings. The van der Waals surface area contributed by atoms with Crippen LogP contribution in [0.4, 0.5) is 10.5 Å². The lowest BCUT2D eigenvalue weighted by molar-refractivity contribution is -0.140. The average Bonchev–Trinajstić information content (AvgIpc) is 2.75. The van der Waals surface area contributed by atoms with E-state index in [9.17, 15) is 24.3 Å². The molecule has 0 aliphatic heterocycles. The van der Waals surface area contributed by atoms with Crippen LogP contribution in [0.3, 0.4) is 0 Å². The average molecular weight is 519 g/mol. The van der Waals surface area contributed by atoms with Gasteiger partial charge in [-0.1, -0.05) is 41.9 Å². The zero-order valence-electron chi connectivity index (χ0n) is 20.8. The lowest BCUT2D eigenvalue weighted by Crippen LogP contribution is -2.52. The zero-order chi connectivity index (χ0) is 27.2. The van der Waals surface area contributed by atoms with Gasteiger partial charge in [-0.25, -0.2) is 4.79 Å². The monoisotopic (exact) mass is 518 g/mol. The molecular formula is C25H31ClN4O6. The van der Waals surface area contributed by atoms with Crippen molar-refractivity contribution in [2.45, 2.75) is 51.8 Å². The molecule has 11 heteroatoms. The number of aromatic hydroxyl groups is 1. The summed E-state index contributed by atoms with van der Waals surface area (Å²) in [6.07, 6.45) is -1.48. The molecule has 2 rings (SSSR count). The maximum Gasteiger partial charge on any atom is 0.408 e. The van der Waals surface area contributed by atoms with E-state index in [4.69, 9.17) is 22.1 Å². The Morgan fingerprint density at radius 1 is 1.11 bits per heavy atom. The van der Waals surface area contributed by atoms with E-state index in [0.717, 1.165) is 4.90 Å². The van der Waals surface area contributed by atoms with E-state index in [1.807, 2.05) is 0 Å². The molecule has 10 nitrogen and oxygen atoms in total. The van der Waals surface area contributed by atoms with Crippen molar-refractivity contribution in [2.24, 2.45) is 5.73 Å². The predicted octanol–water partition coefficient (Wildman–Crippen LogP) is 3.26. The fourth-order valence-corrected chi connectivity index (χ4v) is 3.72. The lowest BCUT2D eigenvalue weighted by atomic mass is 10.0. The van der Waals surface area contributed by atoms with Crippen LogP contribution in [-0.4, -0.2) is 52.5 Å². The second-order valence-electron chi connectivity index (χ2n) is 9.20. The van der Waals surface area contributed by atoms with Gasteiger partial charge >= 0.3 is 6.09 Å². The molecule has 4 amide bonds. The third-order valence-electron chi connectivity index (χ3n) is 5.08. The van der Waals surface area contributed by atoms with E-state index < -0.39 is 47.9 Å². The number of hydrogen-bond donors (Lipinski definition) is 4. The maximum atomic E-state index is 13.5. The van der Waals surface area contributed by atoms with Gasteiger partial charge < -0.3 is 31.1 Å². The van der Waals surface area contributed by atoms with E-state index in [1.54, 1.807) is 58.0 Å². The number of benzene rings is 2. The smallest absolute Gasteiger partial charge is 0.408 e. The number of hydrogen-bond acceptors (Lipinski definition) is 6. The molecule has 0 heterocycles.